The Hall–Kier alpha value is -3.20. The summed E-state index contributed by atoms with van der Waals surface area (Å²) in [5.74, 6) is 2.45. The molecule has 3 fully saturated rings. The maximum atomic E-state index is 9.76. The second-order valence-corrected chi connectivity index (χ2v) is 15.0. The molecule has 3 aromatic heterocycles. The maximum absolute atomic E-state index is 9.76. The first-order chi connectivity index (χ1) is 22.8. The van der Waals surface area contributed by atoms with Crippen LogP contribution in [-0.4, -0.2) is 82.4 Å². The van der Waals surface area contributed by atoms with Gasteiger partial charge in [-0.1, -0.05) is 19.0 Å². The van der Waals surface area contributed by atoms with Gasteiger partial charge in [0.05, 0.1) is 5.56 Å². The number of hydrogen-bond acceptors (Lipinski definition) is 11. The van der Waals surface area contributed by atoms with E-state index in [0.29, 0.717) is 52.6 Å². The molecule has 4 aliphatic rings. The van der Waals surface area contributed by atoms with Gasteiger partial charge in [-0.05, 0) is 103 Å². The van der Waals surface area contributed by atoms with E-state index >= 15 is 0 Å². The number of hydrogen-bond donors (Lipinski definition) is 1. The molecular formula is C36H52N8O2S. The molecular weight excluding hydrogens is 609 g/mol. The second kappa shape index (κ2) is 14.5. The van der Waals surface area contributed by atoms with Crippen LogP contribution in [0.5, 0.6) is 5.88 Å². The monoisotopic (exact) mass is 660 g/mol. The zero-order valence-electron chi connectivity index (χ0n) is 28.9. The second-order valence-electron chi connectivity index (χ2n) is 13.9. The molecule has 1 spiro atoms. The molecule has 2 aliphatic heterocycles. The first kappa shape index (κ1) is 33.7. The summed E-state index contributed by atoms with van der Waals surface area (Å²) in [5, 5.41) is 14.9. The van der Waals surface area contributed by atoms with Crippen molar-refractivity contribution < 1.29 is 9.26 Å². The average molecular weight is 661 g/mol. The summed E-state index contributed by atoms with van der Waals surface area (Å²) < 4.78 is 11.9. The van der Waals surface area contributed by atoms with Crippen LogP contribution in [0.15, 0.2) is 16.9 Å². The van der Waals surface area contributed by atoms with Gasteiger partial charge in [-0.2, -0.15) is 10.2 Å². The van der Waals surface area contributed by atoms with E-state index in [4.69, 9.17) is 25.0 Å². The topological polar surface area (TPSA) is 121 Å². The van der Waals surface area contributed by atoms with E-state index in [1.807, 2.05) is 19.9 Å². The van der Waals surface area contributed by atoms with E-state index in [-0.39, 0.29) is 5.54 Å². The van der Waals surface area contributed by atoms with Gasteiger partial charge in [0.1, 0.15) is 29.8 Å². The highest BCUT2D eigenvalue weighted by Crippen LogP contribution is 2.46. The summed E-state index contributed by atoms with van der Waals surface area (Å²) in [5.41, 5.74) is 10.1. The minimum Gasteiger partial charge on any atom is -0.476 e. The number of likely N-dealkylation sites (N-methyl/N-ethyl adjacent to an activating group) is 1. The zero-order valence-corrected chi connectivity index (χ0v) is 29.7. The van der Waals surface area contributed by atoms with Crippen molar-refractivity contribution in [1.82, 2.24) is 24.9 Å². The quantitative estimate of drug-likeness (QED) is 0.253. The highest BCUT2D eigenvalue weighted by atomic mass is 32.1. The van der Waals surface area contributed by atoms with Gasteiger partial charge in [-0.3, -0.25) is 4.90 Å². The van der Waals surface area contributed by atoms with Gasteiger partial charge in [0.2, 0.25) is 5.88 Å². The van der Waals surface area contributed by atoms with E-state index in [1.165, 1.54) is 29.7 Å². The third-order valence-corrected chi connectivity index (χ3v) is 11.7. The van der Waals surface area contributed by atoms with E-state index in [2.05, 4.69) is 46.8 Å². The number of nitrogen functional groups attached to an aromatic ring is 1. The normalized spacial score (nSPS) is 22.2. The van der Waals surface area contributed by atoms with E-state index in [0.717, 1.165) is 82.5 Å². The van der Waals surface area contributed by atoms with Crippen LogP contribution in [0.1, 0.15) is 107 Å². The number of aryl methyl sites for hydroxylation is 2. The van der Waals surface area contributed by atoms with Crippen LogP contribution in [0.4, 0.5) is 10.8 Å². The van der Waals surface area contributed by atoms with Crippen molar-refractivity contribution in [3.63, 3.8) is 0 Å². The Kier molecular flexibility index (Phi) is 10.4. The number of nitrogens with zero attached hydrogens (tertiary/aromatic N) is 7. The third-order valence-electron chi connectivity index (χ3n) is 10.6. The van der Waals surface area contributed by atoms with Crippen molar-refractivity contribution in [3.8, 4) is 23.5 Å². The highest BCUT2D eigenvalue weighted by molar-refractivity contribution is 7.16. The number of anilines is 2. The predicted octanol–water partition coefficient (Wildman–Crippen LogP) is 6.65. The molecule has 1 saturated carbocycles. The Morgan fingerprint density at radius 1 is 1.17 bits per heavy atom. The van der Waals surface area contributed by atoms with Crippen molar-refractivity contribution in [2.24, 2.45) is 0 Å². The number of nitrogens with two attached hydrogens (primary N) is 1. The van der Waals surface area contributed by atoms with Crippen molar-refractivity contribution in [1.29, 1.82) is 5.26 Å². The van der Waals surface area contributed by atoms with Crippen molar-refractivity contribution >= 4 is 22.2 Å². The Morgan fingerprint density at radius 2 is 2.00 bits per heavy atom. The molecule has 3 aromatic rings. The van der Waals surface area contributed by atoms with Crippen molar-refractivity contribution in [3.05, 3.63) is 33.9 Å². The van der Waals surface area contributed by atoms with Crippen LogP contribution in [0, 0.1) is 11.3 Å². The molecule has 2 saturated heterocycles. The predicted molar refractivity (Wildman–Crippen MR) is 188 cm³/mol. The summed E-state index contributed by atoms with van der Waals surface area (Å²) in [4.78, 5) is 18.8. The smallest absolute Gasteiger partial charge is 0.219 e. The number of fused-ring (bicyclic) bond motifs is 1. The van der Waals surface area contributed by atoms with E-state index < -0.39 is 0 Å². The van der Waals surface area contributed by atoms with Gasteiger partial charge in [-0.25, -0.2) is 4.98 Å². The van der Waals surface area contributed by atoms with Crippen LogP contribution in [0.3, 0.4) is 0 Å². The van der Waals surface area contributed by atoms with Crippen LogP contribution >= 0.6 is 11.3 Å². The highest BCUT2D eigenvalue weighted by Gasteiger charge is 2.52. The fraction of sp³-hybridized carbons (Fsp3) is 0.667. The molecule has 5 heterocycles. The van der Waals surface area contributed by atoms with Crippen molar-refractivity contribution in [2.45, 2.75) is 115 Å². The Labute approximate surface area is 284 Å². The van der Waals surface area contributed by atoms with Gasteiger partial charge >= 0.3 is 0 Å². The molecule has 0 radical (unpaired) electrons. The number of ether oxygens (including phenoxy) is 1. The molecule has 2 unspecified atom stereocenters. The molecule has 11 heteroatoms. The maximum Gasteiger partial charge on any atom is 0.219 e. The van der Waals surface area contributed by atoms with Crippen LogP contribution < -0.4 is 15.4 Å². The minimum atomic E-state index is 0.252. The van der Waals surface area contributed by atoms with Crippen LogP contribution in [-0.2, 0) is 12.8 Å². The molecule has 2 N–H and O–H groups in total. The summed E-state index contributed by atoms with van der Waals surface area (Å²) in [6.07, 6.45) is 12.6. The molecule has 10 nitrogen and oxygen atoms in total. The number of thiophene rings is 1. The summed E-state index contributed by atoms with van der Waals surface area (Å²) in [6.45, 7) is 13.3. The Bertz CT molecular complexity index is 1560. The lowest BCUT2D eigenvalue weighted by atomic mass is 9.82. The first-order valence-corrected chi connectivity index (χ1v) is 18.7. The number of piperazine rings is 1. The molecule has 0 aromatic carbocycles. The van der Waals surface area contributed by atoms with Gasteiger partial charge in [0.25, 0.3) is 0 Å². The fourth-order valence-corrected chi connectivity index (χ4v) is 9.20. The van der Waals surface area contributed by atoms with Crippen molar-refractivity contribution in [2.75, 3.05) is 50.5 Å². The summed E-state index contributed by atoms with van der Waals surface area (Å²) in [6, 6.07) is 5.35. The lowest BCUT2D eigenvalue weighted by molar-refractivity contribution is 0.119. The largest absolute Gasteiger partial charge is 0.476 e. The number of rotatable bonds is 10. The van der Waals surface area contributed by atoms with Gasteiger partial charge in [0.15, 0.2) is 11.5 Å². The minimum absolute atomic E-state index is 0.252. The fourth-order valence-electron chi connectivity index (χ4n) is 8.05. The molecule has 47 heavy (non-hydrogen) atoms. The number of likely N-dealkylation sites (tertiary alicyclic amines) is 1. The summed E-state index contributed by atoms with van der Waals surface area (Å²) in [7, 11) is 2.17. The number of nitriles is 1. The summed E-state index contributed by atoms with van der Waals surface area (Å²) >= 11 is 1.60. The zero-order chi connectivity index (χ0) is 33.1. The van der Waals surface area contributed by atoms with Gasteiger partial charge < -0.3 is 24.8 Å². The Balaban J connectivity index is 0.00000190. The van der Waals surface area contributed by atoms with E-state index in [9.17, 15) is 5.26 Å². The molecule has 7 rings (SSSR count). The molecule has 2 atom stereocenters. The molecule has 2 aliphatic carbocycles. The average Bonchev–Trinajstić information content (AvgIpc) is 3.37. The first-order valence-electron chi connectivity index (χ1n) is 17.8. The van der Waals surface area contributed by atoms with Gasteiger partial charge in [-0.15, -0.1) is 11.3 Å². The van der Waals surface area contributed by atoms with Crippen LogP contribution in [0.25, 0.3) is 11.5 Å². The SMILES string of the molecule is CC.CC(C)N1CCN(c2cc(OCC3CCCN3C)nc(-c3nocc3CCCC3CCCc4sc(N)c(C#N)c43)n2)CC12CC2. The third kappa shape index (κ3) is 7.01. The standard InChI is InChI=1S/C34H46N8O2S.C2H6/c1-22(2)42-16-15-41(21-34(42)12-13-34)28-17-29(43-20-25-10-6-14-40(25)3)38-33(37-28)31-24(19-44-39-31)9-4-7-23-8-5-11-27-30(23)26(18-35)32(36)45-27;1-2/h17,19,22-23,25H,4-16,20-21,36H2,1-3H3;1-2H3. The number of aromatic nitrogens is 3. The van der Waals surface area contributed by atoms with Crippen LogP contribution in [0.2, 0.25) is 0 Å². The molecule has 0 bridgehead atoms. The molecule has 254 valence electrons. The lowest BCUT2D eigenvalue weighted by Crippen LogP contribution is -2.57. The Morgan fingerprint density at radius 3 is 2.72 bits per heavy atom. The van der Waals surface area contributed by atoms with Gasteiger partial charge in [0, 0.05) is 53.8 Å². The molecule has 0 amide bonds. The lowest BCUT2D eigenvalue weighted by Gasteiger charge is -2.44. The van der Waals surface area contributed by atoms with E-state index in [1.54, 1.807) is 17.6 Å².